The number of esters is 1. The maximum atomic E-state index is 12.3. The summed E-state index contributed by atoms with van der Waals surface area (Å²) >= 11 is 0. The normalized spacial score (nSPS) is 14.8. The number of allylic oxidation sites excluding steroid dienone is 2. The molecule has 0 aromatic heterocycles. The van der Waals surface area contributed by atoms with Crippen LogP contribution in [-0.2, 0) is 37.0 Å². The zero-order valence-electron chi connectivity index (χ0n) is 14.3. The molecule has 1 aliphatic rings. The van der Waals surface area contributed by atoms with E-state index in [9.17, 15) is 9.59 Å². The predicted molar refractivity (Wildman–Crippen MR) is 94.6 cm³/mol. The Morgan fingerprint density at radius 3 is 1.85 bits per heavy atom. The summed E-state index contributed by atoms with van der Waals surface area (Å²) in [5.74, 6) is -0.578. The number of rotatable bonds is 7. The highest BCUT2D eigenvalue weighted by atomic mass is 16.5. The molecular weight excluding hydrogens is 332 g/mol. The van der Waals surface area contributed by atoms with Crippen LogP contribution in [0.1, 0.15) is 11.1 Å². The Kier molecular flexibility index (Phi) is 5.49. The van der Waals surface area contributed by atoms with E-state index in [0.29, 0.717) is 0 Å². The Balaban J connectivity index is 1.78. The van der Waals surface area contributed by atoms with Crippen LogP contribution in [0.15, 0.2) is 83.8 Å². The van der Waals surface area contributed by atoms with Crippen LogP contribution in [-0.4, -0.2) is 18.9 Å². The van der Waals surface area contributed by atoms with Gasteiger partial charge in [-0.05, 0) is 11.1 Å². The summed E-state index contributed by atoms with van der Waals surface area (Å²) in [6.45, 7) is 0.506. The molecule has 5 heteroatoms. The van der Waals surface area contributed by atoms with Gasteiger partial charge in [-0.15, -0.1) is 0 Å². The highest BCUT2D eigenvalue weighted by Gasteiger charge is 2.38. The fraction of sp³-hybridized carbons (Fsp3) is 0.143. The van der Waals surface area contributed by atoms with E-state index >= 15 is 0 Å². The van der Waals surface area contributed by atoms with E-state index in [-0.39, 0.29) is 36.1 Å². The summed E-state index contributed by atoms with van der Waals surface area (Å²) in [7, 11) is 1.25. The molecule has 5 nitrogen and oxygen atoms in total. The van der Waals surface area contributed by atoms with E-state index in [1.807, 2.05) is 60.7 Å². The van der Waals surface area contributed by atoms with Gasteiger partial charge in [0.15, 0.2) is 5.76 Å². The van der Waals surface area contributed by atoms with Crippen molar-refractivity contribution in [2.24, 2.45) is 0 Å². The predicted octanol–water partition coefficient (Wildman–Crippen LogP) is 3.31. The lowest BCUT2D eigenvalue weighted by Gasteiger charge is -2.25. The maximum absolute atomic E-state index is 12.3. The first-order valence-electron chi connectivity index (χ1n) is 8.11. The van der Waals surface area contributed by atoms with Gasteiger partial charge in [-0.25, -0.2) is 4.79 Å². The lowest BCUT2D eigenvalue weighted by molar-refractivity contribution is -0.135. The first kappa shape index (κ1) is 17.5. The third-order valence-electron chi connectivity index (χ3n) is 3.82. The van der Waals surface area contributed by atoms with Crippen molar-refractivity contribution in [2.45, 2.75) is 13.2 Å². The topological polar surface area (TPSA) is 61.8 Å². The fourth-order valence-electron chi connectivity index (χ4n) is 2.43. The fourth-order valence-corrected chi connectivity index (χ4v) is 2.43. The Bertz CT molecular complexity index is 850. The Morgan fingerprint density at radius 2 is 1.35 bits per heavy atom. The van der Waals surface area contributed by atoms with E-state index in [0.717, 1.165) is 17.2 Å². The van der Waals surface area contributed by atoms with Gasteiger partial charge in [-0.1, -0.05) is 60.7 Å². The van der Waals surface area contributed by atoms with Crippen LogP contribution >= 0.6 is 0 Å². The van der Waals surface area contributed by atoms with Gasteiger partial charge < -0.3 is 14.2 Å². The van der Waals surface area contributed by atoms with Crippen LogP contribution in [0.5, 0.6) is 0 Å². The summed E-state index contributed by atoms with van der Waals surface area (Å²) in [5.41, 5.74) is 2.04. The van der Waals surface area contributed by atoms with Crippen LogP contribution in [0, 0.1) is 0 Å². The second kappa shape index (κ2) is 8.16. The van der Waals surface area contributed by atoms with Crippen LogP contribution < -0.4 is 0 Å². The summed E-state index contributed by atoms with van der Waals surface area (Å²) in [6, 6.07) is 19.0. The highest BCUT2D eigenvalue weighted by Crippen LogP contribution is 2.33. The molecule has 0 spiro atoms. The van der Waals surface area contributed by atoms with Gasteiger partial charge in [0.2, 0.25) is 11.5 Å². The molecule has 0 radical (unpaired) electrons. The van der Waals surface area contributed by atoms with E-state index in [2.05, 4.69) is 4.74 Å². The zero-order valence-corrected chi connectivity index (χ0v) is 14.3. The molecular formula is C21H18O5. The number of ether oxygens (including phenoxy) is 3. The van der Waals surface area contributed by atoms with Gasteiger partial charge in [0.05, 0.1) is 12.7 Å². The molecule has 0 amide bonds. The standard InChI is InChI=1S/C21H18O5/c1-24-18(22)12-17-19(23)21(26-14-16-10-6-3-7-11-16)20(17)25-13-15-8-4-2-5-9-15/h2-12H,13-14H2,1H3/b17-12-. The SMILES string of the molecule is COC(=O)/C=C1/C(=O)C(OCc2ccccc2)=C1OCc1ccccc1. The quantitative estimate of drug-likeness (QED) is 0.566. The van der Waals surface area contributed by atoms with Gasteiger partial charge in [0.1, 0.15) is 13.2 Å². The third kappa shape index (κ3) is 4.00. The molecule has 0 aliphatic heterocycles. The molecule has 0 saturated carbocycles. The average molecular weight is 350 g/mol. The summed E-state index contributed by atoms with van der Waals surface area (Å²) in [6.07, 6.45) is 1.12. The van der Waals surface area contributed by atoms with E-state index < -0.39 is 5.97 Å². The van der Waals surface area contributed by atoms with Gasteiger partial charge >= 0.3 is 5.97 Å². The minimum Gasteiger partial charge on any atom is -0.484 e. The summed E-state index contributed by atoms with van der Waals surface area (Å²) < 4.78 is 16.0. The molecule has 0 N–H and O–H groups in total. The molecule has 1 aliphatic carbocycles. The van der Waals surface area contributed by atoms with Gasteiger partial charge in [-0.3, -0.25) is 4.79 Å². The second-order valence-electron chi connectivity index (χ2n) is 5.62. The smallest absolute Gasteiger partial charge is 0.331 e. The first-order valence-corrected chi connectivity index (χ1v) is 8.11. The van der Waals surface area contributed by atoms with E-state index in [4.69, 9.17) is 9.47 Å². The number of Topliss-reactive ketones (excluding diaryl/α,β-unsaturated/α-hetero) is 1. The Labute approximate surface area is 151 Å². The van der Waals surface area contributed by atoms with Crippen molar-refractivity contribution in [3.8, 4) is 0 Å². The number of hydrogen-bond acceptors (Lipinski definition) is 5. The number of benzene rings is 2. The second-order valence-corrected chi connectivity index (χ2v) is 5.62. The van der Waals surface area contributed by atoms with Crippen molar-refractivity contribution in [3.05, 3.63) is 95.0 Å². The van der Waals surface area contributed by atoms with Crippen LogP contribution in [0.25, 0.3) is 0 Å². The van der Waals surface area contributed by atoms with Crippen molar-refractivity contribution in [3.63, 3.8) is 0 Å². The van der Waals surface area contributed by atoms with Crippen molar-refractivity contribution in [1.82, 2.24) is 0 Å². The third-order valence-corrected chi connectivity index (χ3v) is 3.82. The summed E-state index contributed by atoms with van der Waals surface area (Å²) in [4.78, 5) is 23.8. The van der Waals surface area contributed by atoms with Crippen molar-refractivity contribution >= 4 is 11.8 Å². The molecule has 2 aromatic rings. The van der Waals surface area contributed by atoms with Gasteiger partial charge in [-0.2, -0.15) is 0 Å². The number of methoxy groups -OCH3 is 1. The largest absolute Gasteiger partial charge is 0.484 e. The highest BCUT2D eigenvalue weighted by molar-refractivity contribution is 6.19. The maximum Gasteiger partial charge on any atom is 0.331 e. The van der Waals surface area contributed by atoms with Crippen LogP contribution in [0.4, 0.5) is 0 Å². The molecule has 0 heterocycles. The molecule has 3 rings (SSSR count). The van der Waals surface area contributed by atoms with Crippen molar-refractivity contribution in [2.75, 3.05) is 7.11 Å². The number of hydrogen-bond donors (Lipinski definition) is 0. The van der Waals surface area contributed by atoms with E-state index in [1.165, 1.54) is 7.11 Å². The average Bonchev–Trinajstić information content (AvgIpc) is 2.69. The van der Waals surface area contributed by atoms with Crippen LogP contribution in [0.3, 0.4) is 0 Å². The first-order chi connectivity index (χ1) is 12.7. The molecule has 0 unspecified atom stereocenters. The minimum atomic E-state index is -0.615. The molecule has 0 fully saturated rings. The molecule has 132 valence electrons. The lowest BCUT2D eigenvalue weighted by Crippen LogP contribution is -2.27. The van der Waals surface area contributed by atoms with Gasteiger partial charge in [0, 0.05) is 6.08 Å². The Morgan fingerprint density at radius 1 is 0.846 bits per heavy atom. The molecule has 26 heavy (non-hydrogen) atoms. The minimum absolute atomic E-state index is 0.125. The molecule has 0 atom stereocenters. The van der Waals surface area contributed by atoms with E-state index in [1.54, 1.807) is 0 Å². The lowest BCUT2D eigenvalue weighted by atomic mass is 9.95. The number of carbonyl (C=O) groups excluding carboxylic acids is 2. The van der Waals surface area contributed by atoms with Crippen LogP contribution in [0.2, 0.25) is 0 Å². The Hall–Kier alpha value is -3.34. The zero-order chi connectivity index (χ0) is 18.4. The van der Waals surface area contributed by atoms with Crippen molar-refractivity contribution in [1.29, 1.82) is 0 Å². The monoisotopic (exact) mass is 350 g/mol. The number of ketones is 1. The molecule has 0 bridgehead atoms. The molecule has 2 aromatic carbocycles. The van der Waals surface area contributed by atoms with Gasteiger partial charge in [0.25, 0.3) is 0 Å². The number of carbonyl (C=O) groups is 2. The molecule has 0 saturated heterocycles. The summed E-state index contributed by atoms with van der Waals surface area (Å²) in [5, 5.41) is 0. The van der Waals surface area contributed by atoms with Crippen molar-refractivity contribution < 1.29 is 23.8 Å².